The lowest BCUT2D eigenvalue weighted by Gasteiger charge is -2.16. The second kappa shape index (κ2) is 9.21. The van der Waals surface area contributed by atoms with Gasteiger partial charge in [-0.05, 0) is 72.2 Å². The summed E-state index contributed by atoms with van der Waals surface area (Å²) in [5, 5.41) is 3.46. The zero-order chi connectivity index (χ0) is 25.5. The second-order valence-electron chi connectivity index (χ2n) is 8.78. The maximum atomic E-state index is 14.9. The lowest BCUT2D eigenvalue weighted by Crippen LogP contribution is -2.32. The van der Waals surface area contributed by atoms with Crippen LogP contribution in [0.15, 0.2) is 35.5 Å². The van der Waals surface area contributed by atoms with Gasteiger partial charge >= 0.3 is 0 Å². The zero-order valence-corrected chi connectivity index (χ0v) is 20.7. The van der Waals surface area contributed by atoms with Gasteiger partial charge in [-0.1, -0.05) is 0 Å². The number of benzene rings is 1. The third kappa shape index (κ3) is 4.81. The number of nitrogens with zero attached hydrogens (tertiary/aromatic N) is 4. The van der Waals surface area contributed by atoms with Gasteiger partial charge in [-0.3, -0.25) is 19.3 Å². The molecular formula is C24H26FN5O4S. The quantitative estimate of drug-likeness (QED) is 0.556. The highest BCUT2D eigenvalue weighted by Gasteiger charge is 2.28. The number of pyridine rings is 1. The van der Waals surface area contributed by atoms with Crippen LogP contribution < -0.4 is 4.72 Å². The van der Waals surface area contributed by atoms with Crippen LogP contribution >= 0.6 is 0 Å². The minimum absolute atomic E-state index is 0.0644. The van der Waals surface area contributed by atoms with Crippen LogP contribution in [-0.4, -0.2) is 54.0 Å². The summed E-state index contributed by atoms with van der Waals surface area (Å²) in [5.41, 5.74) is 3.96. The van der Waals surface area contributed by atoms with Crippen LogP contribution in [0.2, 0.25) is 0 Å². The van der Waals surface area contributed by atoms with Crippen LogP contribution in [0, 0.1) is 12.7 Å². The van der Waals surface area contributed by atoms with E-state index in [2.05, 4.69) is 14.8 Å². The lowest BCUT2D eigenvalue weighted by atomic mass is 9.90. The highest BCUT2D eigenvalue weighted by atomic mass is 32.2. The van der Waals surface area contributed by atoms with Crippen molar-refractivity contribution in [1.82, 2.24) is 24.4 Å². The molecule has 3 aromatic rings. The first-order chi connectivity index (χ1) is 16.5. The molecule has 0 saturated carbocycles. The molecule has 4 rings (SSSR count). The number of halogens is 1. The van der Waals surface area contributed by atoms with Gasteiger partial charge in [0.05, 0.1) is 6.42 Å². The Labute approximate surface area is 203 Å². The summed E-state index contributed by atoms with van der Waals surface area (Å²) in [6.07, 6.45) is 3.29. The van der Waals surface area contributed by atoms with E-state index in [1.54, 1.807) is 18.3 Å². The number of rotatable bonds is 6. The molecule has 0 fully saturated rings. The zero-order valence-electron chi connectivity index (χ0n) is 19.9. The molecule has 184 valence electrons. The Morgan fingerprint density at radius 2 is 1.89 bits per heavy atom. The van der Waals surface area contributed by atoms with Gasteiger partial charge in [0.1, 0.15) is 11.5 Å². The molecule has 1 N–H and O–H groups in total. The van der Waals surface area contributed by atoms with Crippen molar-refractivity contribution in [1.29, 1.82) is 0 Å². The molecule has 2 heterocycles. The maximum Gasteiger partial charge on any atom is 0.283 e. The number of amides is 2. The third-order valence-corrected chi connectivity index (χ3v) is 7.26. The number of hydrogen-bond donors (Lipinski definition) is 1. The van der Waals surface area contributed by atoms with Crippen molar-refractivity contribution in [2.24, 2.45) is 7.05 Å². The summed E-state index contributed by atoms with van der Waals surface area (Å²) in [7, 11) is 0.186. The average molecular weight is 500 g/mol. The molecule has 0 aliphatic heterocycles. The summed E-state index contributed by atoms with van der Waals surface area (Å²) in [6, 6.07) is 6.07. The Kier molecular flexibility index (Phi) is 6.46. The van der Waals surface area contributed by atoms with E-state index in [9.17, 15) is 22.4 Å². The minimum atomic E-state index is -4.33. The fourth-order valence-electron chi connectivity index (χ4n) is 4.38. The molecule has 2 amide bonds. The molecular weight excluding hydrogens is 473 g/mol. The molecule has 0 unspecified atom stereocenters. The Morgan fingerprint density at radius 3 is 2.57 bits per heavy atom. The number of fused-ring (bicyclic) bond motifs is 1. The Hall–Kier alpha value is -3.60. The summed E-state index contributed by atoms with van der Waals surface area (Å²) >= 11 is 0. The van der Waals surface area contributed by atoms with Crippen LogP contribution in [0.4, 0.5) is 4.39 Å². The Morgan fingerprint density at radius 1 is 1.17 bits per heavy atom. The first-order valence-electron chi connectivity index (χ1n) is 11.1. The van der Waals surface area contributed by atoms with E-state index in [-0.39, 0.29) is 17.9 Å². The van der Waals surface area contributed by atoms with Crippen molar-refractivity contribution in [2.45, 2.75) is 37.6 Å². The monoisotopic (exact) mass is 499 g/mol. The number of hydrogen-bond acceptors (Lipinski definition) is 6. The predicted molar refractivity (Wildman–Crippen MR) is 127 cm³/mol. The van der Waals surface area contributed by atoms with Gasteiger partial charge < -0.3 is 4.90 Å². The van der Waals surface area contributed by atoms with Crippen molar-refractivity contribution in [3.63, 3.8) is 0 Å². The molecule has 0 radical (unpaired) electrons. The van der Waals surface area contributed by atoms with Crippen LogP contribution in [-0.2, 0) is 41.1 Å². The second-order valence-corrected chi connectivity index (χ2v) is 10.4. The summed E-state index contributed by atoms with van der Waals surface area (Å²) in [5.74, 6) is -1.53. The highest BCUT2D eigenvalue weighted by molar-refractivity contribution is 7.90. The van der Waals surface area contributed by atoms with Crippen molar-refractivity contribution in [2.75, 3.05) is 14.1 Å². The van der Waals surface area contributed by atoms with E-state index in [1.165, 1.54) is 32.1 Å². The van der Waals surface area contributed by atoms with Crippen molar-refractivity contribution >= 4 is 21.8 Å². The fraction of sp³-hybridized carbons (Fsp3) is 0.333. The van der Waals surface area contributed by atoms with Crippen molar-refractivity contribution < 1.29 is 22.4 Å². The van der Waals surface area contributed by atoms with Gasteiger partial charge in [0.15, 0.2) is 5.03 Å². The third-order valence-electron chi connectivity index (χ3n) is 6.02. The molecule has 0 saturated heterocycles. The van der Waals surface area contributed by atoms with Crippen LogP contribution in [0.5, 0.6) is 0 Å². The van der Waals surface area contributed by atoms with Gasteiger partial charge in [0, 0.05) is 39.1 Å². The normalized spacial score (nSPS) is 12.9. The van der Waals surface area contributed by atoms with E-state index in [0.717, 1.165) is 28.4 Å². The number of aryl methyl sites for hydroxylation is 2. The molecule has 11 heteroatoms. The molecule has 35 heavy (non-hydrogen) atoms. The van der Waals surface area contributed by atoms with E-state index in [0.29, 0.717) is 35.1 Å². The molecule has 1 aliphatic rings. The van der Waals surface area contributed by atoms with Crippen molar-refractivity contribution in [3.05, 3.63) is 64.4 Å². The number of carbonyl (C=O) groups excluding carboxylic acids is 2. The number of sulfonamides is 1. The predicted octanol–water partition coefficient (Wildman–Crippen LogP) is 2.17. The molecule has 2 aromatic heterocycles. The van der Waals surface area contributed by atoms with Gasteiger partial charge in [-0.15, -0.1) is 0 Å². The van der Waals surface area contributed by atoms with E-state index in [4.69, 9.17) is 0 Å². The number of aromatic nitrogens is 3. The van der Waals surface area contributed by atoms with Gasteiger partial charge in [-0.2, -0.15) is 13.5 Å². The van der Waals surface area contributed by atoms with E-state index < -0.39 is 26.9 Å². The largest absolute Gasteiger partial charge is 0.343 e. The average Bonchev–Trinajstić information content (AvgIpc) is 3.42. The molecule has 1 aromatic carbocycles. The molecule has 0 bridgehead atoms. The van der Waals surface area contributed by atoms with Crippen molar-refractivity contribution in [3.8, 4) is 11.1 Å². The minimum Gasteiger partial charge on any atom is -0.343 e. The van der Waals surface area contributed by atoms with E-state index in [1.807, 2.05) is 6.92 Å². The Bertz CT molecular complexity index is 1450. The molecule has 0 spiro atoms. The standard InChI is InChI=1S/C24H26FN5O4S/c1-14-10-15(8-9-26-14)18-11-20(25)17-7-5-6-16(17)19(18)12-22(31)28-35(33,34)23-13-21(30(4)27-23)24(32)29(2)3/h8-11,13H,5-7,12H2,1-4H3,(H,28,31). The molecule has 0 atom stereocenters. The van der Waals surface area contributed by atoms with Crippen LogP contribution in [0.1, 0.15) is 39.3 Å². The topological polar surface area (TPSA) is 114 Å². The first-order valence-corrected chi connectivity index (χ1v) is 12.5. The van der Waals surface area contributed by atoms with Gasteiger partial charge in [-0.25, -0.2) is 9.11 Å². The van der Waals surface area contributed by atoms with Crippen LogP contribution in [0.3, 0.4) is 0 Å². The molecule has 1 aliphatic carbocycles. The summed E-state index contributed by atoms with van der Waals surface area (Å²) in [4.78, 5) is 30.7. The van der Waals surface area contributed by atoms with E-state index >= 15 is 0 Å². The molecule has 9 nitrogen and oxygen atoms in total. The smallest absolute Gasteiger partial charge is 0.283 e. The van der Waals surface area contributed by atoms with Gasteiger partial charge in [0.25, 0.3) is 15.9 Å². The maximum absolute atomic E-state index is 14.9. The van der Waals surface area contributed by atoms with Gasteiger partial charge in [0.2, 0.25) is 5.91 Å². The summed E-state index contributed by atoms with van der Waals surface area (Å²) in [6.45, 7) is 1.81. The lowest BCUT2D eigenvalue weighted by molar-refractivity contribution is -0.118. The SMILES string of the molecule is Cc1cc(-c2cc(F)c3c(c2CC(=O)NS(=O)(=O)c2cc(C(=O)N(C)C)n(C)n2)CCC3)ccn1. The number of carbonyl (C=O) groups is 2. The first kappa shape index (κ1) is 24.5. The number of nitrogens with one attached hydrogen (secondary N) is 1. The summed E-state index contributed by atoms with van der Waals surface area (Å²) < 4.78 is 43.8. The fourth-order valence-corrected chi connectivity index (χ4v) is 5.35. The highest BCUT2D eigenvalue weighted by Crippen LogP contribution is 2.36. The Balaban J connectivity index is 1.66. The van der Waals surface area contributed by atoms with Crippen LogP contribution in [0.25, 0.3) is 11.1 Å².